The normalized spacial score (nSPS) is 11.8. The molecule has 2 rings (SSSR count). The molecule has 118 valence electrons. The molecule has 0 radical (unpaired) electrons. The first-order chi connectivity index (χ1) is 10.9. The quantitative estimate of drug-likeness (QED) is 0.447. The van der Waals surface area contributed by atoms with Crippen molar-refractivity contribution in [2.75, 3.05) is 0 Å². The van der Waals surface area contributed by atoms with Crippen molar-refractivity contribution in [1.29, 1.82) is 0 Å². The lowest BCUT2D eigenvalue weighted by Gasteiger charge is -2.07. The molecule has 22 heavy (non-hydrogen) atoms. The lowest BCUT2D eigenvalue weighted by atomic mass is 9.99. The van der Waals surface area contributed by atoms with E-state index in [9.17, 15) is 0 Å². The minimum Gasteiger partial charge on any atom is -0.469 e. The van der Waals surface area contributed by atoms with Crippen molar-refractivity contribution in [2.45, 2.75) is 58.3 Å². The number of allylic oxidation sites excluding steroid dienone is 2. The predicted molar refractivity (Wildman–Crippen MR) is 94.8 cm³/mol. The Kier molecular flexibility index (Phi) is 7.59. The number of hydrogen-bond acceptors (Lipinski definition) is 1. The van der Waals surface area contributed by atoms with Crippen LogP contribution in [0.1, 0.15) is 63.2 Å². The molecule has 0 atom stereocenters. The first-order valence-electron chi connectivity index (χ1n) is 8.67. The zero-order valence-corrected chi connectivity index (χ0v) is 13.8. The molecule has 0 bridgehead atoms. The van der Waals surface area contributed by atoms with E-state index in [-0.39, 0.29) is 0 Å². The second-order valence-corrected chi connectivity index (χ2v) is 5.91. The van der Waals surface area contributed by atoms with Gasteiger partial charge in [-0.3, -0.25) is 0 Å². The number of furan rings is 1. The predicted octanol–water partition coefficient (Wildman–Crippen LogP) is 6.66. The molecule has 0 aliphatic rings. The van der Waals surface area contributed by atoms with E-state index in [1.165, 1.54) is 49.7 Å². The summed E-state index contributed by atoms with van der Waals surface area (Å²) in [4.78, 5) is 0. The Hall–Kier alpha value is -1.76. The summed E-state index contributed by atoms with van der Waals surface area (Å²) in [5, 5.41) is 0. The van der Waals surface area contributed by atoms with E-state index in [1.807, 2.05) is 6.07 Å². The maximum absolute atomic E-state index is 5.52. The van der Waals surface area contributed by atoms with E-state index >= 15 is 0 Å². The molecular formula is C21H28O. The van der Waals surface area contributed by atoms with Gasteiger partial charge in [0.05, 0.1) is 6.26 Å². The van der Waals surface area contributed by atoms with E-state index in [0.717, 1.165) is 18.6 Å². The molecule has 0 saturated carbocycles. The van der Waals surface area contributed by atoms with Crippen LogP contribution in [0.2, 0.25) is 0 Å². The molecule has 1 aromatic carbocycles. The molecule has 0 fully saturated rings. The molecule has 1 aromatic heterocycles. The largest absolute Gasteiger partial charge is 0.469 e. The zero-order valence-electron chi connectivity index (χ0n) is 13.8. The molecule has 0 aliphatic heterocycles. The van der Waals surface area contributed by atoms with Gasteiger partial charge in [-0.05, 0) is 36.1 Å². The van der Waals surface area contributed by atoms with Gasteiger partial charge in [-0.1, -0.05) is 75.4 Å². The van der Waals surface area contributed by atoms with Crippen molar-refractivity contribution < 1.29 is 4.42 Å². The van der Waals surface area contributed by atoms with E-state index in [4.69, 9.17) is 4.42 Å². The SMILES string of the molecule is CCCCCCCC/C=C(/Cc1ccco1)c1ccccc1. The van der Waals surface area contributed by atoms with Gasteiger partial charge < -0.3 is 4.42 Å². The van der Waals surface area contributed by atoms with Gasteiger partial charge in [0.1, 0.15) is 5.76 Å². The van der Waals surface area contributed by atoms with E-state index in [0.29, 0.717) is 0 Å². The lowest BCUT2D eigenvalue weighted by Crippen LogP contribution is -1.90. The van der Waals surface area contributed by atoms with Crippen LogP contribution in [-0.4, -0.2) is 0 Å². The summed E-state index contributed by atoms with van der Waals surface area (Å²) in [6, 6.07) is 14.7. The number of benzene rings is 1. The first kappa shape index (κ1) is 16.6. The van der Waals surface area contributed by atoms with Crippen molar-refractivity contribution in [3.8, 4) is 0 Å². The Balaban J connectivity index is 1.88. The lowest BCUT2D eigenvalue weighted by molar-refractivity contribution is 0.524. The number of hydrogen-bond donors (Lipinski definition) is 0. The fraction of sp³-hybridized carbons (Fsp3) is 0.429. The van der Waals surface area contributed by atoms with Gasteiger partial charge in [0.2, 0.25) is 0 Å². The van der Waals surface area contributed by atoms with Gasteiger partial charge in [-0.25, -0.2) is 0 Å². The monoisotopic (exact) mass is 296 g/mol. The summed E-state index contributed by atoms with van der Waals surface area (Å²) < 4.78 is 5.52. The maximum Gasteiger partial charge on any atom is 0.108 e. The second kappa shape index (κ2) is 10.0. The highest BCUT2D eigenvalue weighted by Gasteiger charge is 2.04. The van der Waals surface area contributed by atoms with Crippen LogP contribution < -0.4 is 0 Å². The van der Waals surface area contributed by atoms with Crippen molar-refractivity contribution in [2.24, 2.45) is 0 Å². The molecular weight excluding hydrogens is 268 g/mol. The summed E-state index contributed by atoms with van der Waals surface area (Å²) in [5.41, 5.74) is 2.69. The molecule has 0 unspecified atom stereocenters. The Morgan fingerprint density at radius 3 is 2.41 bits per heavy atom. The molecule has 0 saturated heterocycles. The summed E-state index contributed by atoms with van der Waals surface area (Å²) in [5.74, 6) is 1.04. The van der Waals surface area contributed by atoms with Gasteiger partial charge >= 0.3 is 0 Å². The standard InChI is InChI=1S/C21H28O/c1-2-3-4-5-6-7-9-15-20(18-21-16-12-17-22-21)19-13-10-8-11-14-19/h8,10-17H,2-7,9,18H2,1H3/b20-15-. The van der Waals surface area contributed by atoms with Gasteiger partial charge in [0.15, 0.2) is 0 Å². The molecule has 0 N–H and O–H groups in total. The van der Waals surface area contributed by atoms with Crippen molar-refractivity contribution in [1.82, 2.24) is 0 Å². The zero-order chi connectivity index (χ0) is 15.5. The summed E-state index contributed by atoms with van der Waals surface area (Å²) >= 11 is 0. The van der Waals surface area contributed by atoms with Crippen LogP contribution in [0.5, 0.6) is 0 Å². The van der Waals surface area contributed by atoms with E-state index in [1.54, 1.807) is 6.26 Å². The van der Waals surface area contributed by atoms with E-state index < -0.39 is 0 Å². The minimum absolute atomic E-state index is 0.882. The van der Waals surface area contributed by atoms with Crippen LogP contribution in [-0.2, 0) is 6.42 Å². The molecule has 0 spiro atoms. The van der Waals surface area contributed by atoms with Gasteiger partial charge in [-0.2, -0.15) is 0 Å². The fourth-order valence-corrected chi connectivity index (χ4v) is 2.75. The van der Waals surface area contributed by atoms with Crippen molar-refractivity contribution >= 4 is 5.57 Å². The fourth-order valence-electron chi connectivity index (χ4n) is 2.75. The molecule has 1 heteroatoms. The second-order valence-electron chi connectivity index (χ2n) is 5.91. The molecule has 1 heterocycles. The van der Waals surface area contributed by atoms with Gasteiger partial charge in [-0.15, -0.1) is 0 Å². The highest BCUT2D eigenvalue weighted by atomic mass is 16.3. The average Bonchev–Trinajstić information content (AvgIpc) is 3.07. The summed E-state index contributed by atoms with van der Waals surface area (Å²) in [7, 11) is 0. The number of rotatable bonds is 10. The van der Waals surface area contributed by atoms with E-state index in [2.05, 4.69) is 49.4 Å². The smallest absolute Gasteiger partial charge is 0.108 e. The van der Waals surface area contributed by atoms with Crippen LogP contribution in [0, 0.1) is 0 Å². The molecule has 1 nitrogen and oxygen atoms in total. The number of unbranched alkanes of at least 4 members (excludes halogenated alkanes) is 6. The highest BCUT2D eigenvalue weighted by molar-refractivity contribution is 5.67. The Morgan fingerprint density at radius 1 is 0.909 bits per heavy atom. The first-order valence-corrected chi connectivity index (χ1v) is 8.67. The van der Waals surface area contributed by atoms with Gasteiger partial charge in [0, 0.05) is 6.42 Å². The summed E-state index contributed by atoms with van der Waals surface area (Å²) in [6.45, 7) is 2.27. The minimum atomic E-state index is 0.882. The average molecular weight is 296 g/mol. The molecule has 0 aliphatic carbocycles. The van der Waals surface area contributed by atoms with Gasteiger partial charge in [0.25, 0.3) is 0 Å². The molecule has 2 aromatic rings. The Labute approximate surface area is 135 Å². The third-order valence-corrected chi connectivity index (χ3v) is 4.04. The highest BCUT2D eigenvalue weighted by Crippen LogP contribution is 2.21. The third-order valence-electron chi connectivity index (χ3n) is 4.04. The van der Waals surface area contributed by atoms with Crippen LogP contribution >= 0.6 is 0 Å². The van der Waals surface area contributed by atoms with Crippen molar-refractivity contribution in [3.05, 3.63) is 66.1 Å². The van der Waals surface area contributed by atoms with Crippen LogP contribution in [0.25, 0.3) is 5.57 Å². The van der Waals surface area contributed by atoms with Crippen LogP contribution in [0.3, 0.4) is 0 Å². The Bertz CT molecular complexity index is 522. The van der Waals surface area contributed by atoms with Crippen LogP contribution in [0.15, 0.2) is 59.2 Å². The van der Waals surface area contributed by atoms with Crippen LogP contribution in [0.4, 0.5) is 0 Å². The summed E-state index contributed by atoms with van der Waals surface area (Å²) in [6.07, 6.45) is 14.3. The maximum atomic E-state index is 5.52. The topological polar surface area (TPSA) is 13.1 Å². The van der Waals surface area contributed by atoms with Crippen molar-refractivity contribution in [3.63, 3.8) is 0 Å². The Morgan fingerprint density at radius 2 is 1.68 bits per heavy atom. The third kappa shape index (κ3) is 5.93. The molecule has 0 amide bonds.